The predicted molar refractivity (Wildman–Crippen MR) is 124 cm³/mol. The fourth-order valence-corrected chi connectivity index (χ4v) is 3.53. The van der Waals surface area contributed by atoms with Crippen LogP contribution in [0.5, 0.6) is 11.5 Å². The number of carbonyl (C=O) groups is 2. The summed E-state index contributed by atoms with van der Waals surface area (Å²) in [5.41, 5.74) is 3.08. The number of nitrogens with one attached hydrogen (secondary N) is 3. The van der Waals surface area contributed by atoms with E-state index in [1.54, 1.807) is 0 Å². The van der Waals surface area contributed by atoms with E-state index >= 15 is 0 Å². The highest BCUT2D eigenvalue weighted by molar-refractivity contribution is 5.87. The van der Waals surface area contributed by atoms with E-state index in [0.29, 0.717) is 37.7 Å². The second-order valence-corrected chi connectivity index (χ2v) is 8.63. The molecule has 0 fully saturated rings. The van der Waals surface area contributed by atoms with E-state index in [1.165, 1.54) is 5.56 Å². The zero-order chi connectivity index (χ0) is 23.1. The van der Waals surface area contributed by atoms with E-state index in [-0.39, 0.29) is 23.9 Å². The highest BCUT2D eigenvalue weighted by Crippen LogP contribution is 2.32. The van der Waals surface area contributed by atoms with E-state index in [0.717, 1.165) is 11.1 Å². The summed E-state index contributed by atoms with van der Waals surface area (Å²) < 4.78 is 11.2. The minimum Gasteiger partial charge on any atom is -0.486 e. The topological polar surface area (TPSA) is 88.7 Å². The molecule has 0 saturated heterocycles. The minimum absolute atomic E-state index is 0.216. The van der Waals surface area contributed by atoms with Gasteiger partial charge in [0.25, 0.3) is 0 Å². The van der Waals surface area contributed by atoms with Gasteiger partial charge in [0.05, 0.1) is 6.04 Å². The SMILES string of the molecule is Cc1ccc(CNC(=O)N[C@@H](CC(C)C)C(=O)N[C@H](C)c2ccc3c(c2)OCCO3)cc1. The molecule has 1 aliphatic rings. The molecule has 3 amide bonds. The first-order valence-electron chi connectivity index (χ1n) is 11.1. The molecule has 2 aromatic rings. The molecule has 3 rings (SSSR count). The average Bonchev–Trinajstić information content (AvgIpc) is 2.77. The third kappa shape index (κ3) is 6.64. The first-order valence-corrected chi connectivity index (χ1v) is 11.1. The summed E-state index contributed by atoms with van der Waals surface area (Å²) in [5.74, 6) is 1.42. The Morgan fingerprint density at radius 3 is 2.31 bits per heavy atom. The maximum atomic E-state index is 13.0. The van der Waals surface area contributed by atoms with Crippen molar-refractivity contribution >= 4 is 11.9 Å². The van der Waals surface area contributed by atoms with Gasteiger partial charge >= 0.3 is 6.03 Å². The zero-order valence-electron chi connectivity index (χ0n) is 19.2. The Hall–Kier alpha value is -3.22. The summed E-state index contributed by atoms with van der Waals surface area (Å²) in [5, 5.41) is 8.68. The fourth-order valence-electron chi connectivity index (χ4n) is 3.53. The Balaban J connectivity index is 1.58. The monoisotopic (exact) mass is 439 g/mol. The largest absolute Gasteiger partial charge is 0.486 e. The maximum absolute atomic E-state index is 13.0. The first kappa shape index (κ1) is 23.4. The molecular weight excluding hydrogens is 406 g/mol. The number of urea groups is 1. The quantitative estimate of drug-likeness (QED) is 0.583. The molecule has 1 heterocycles. The van der Waals surface area contributed by atoms with Gasteiger partial charge in [-0.3, -0.25) is 4.79 Å². The second-order valence-electron chi connectivity index (χ2n) is 8.63. The molecule has 7 nitrogen and oxygen atoms in total. The van der Waals surface area contributed by atoms with Gasteiger partial charge in [-0.2, -0.15) is 0 Å². The molecule has 0 radical (unpaired) electrons. The molecule has 0 aliphatic carbocycles. The lowest BCUT2D eigenvalue weighted by molar-refractivity contribution is -0.124. The van der Waals surface area contributed by atoms with Gasteiger partial charge in [-0.1, -0.05) is 49.7 Å². The van der Waals surface area contributed by atoms with Crippen molar-refractivity contribution in [1.82, 2.24) is 16.0 Å². The number of hydrogen-bond acceptors (Lipinski definition) is 4. The molecule has 7 heteroatoms. The lowest BCUT2D eigenvalue weighted by Gasteiger charge is -2.24. The molecule has 0 bridgehead atoms. The van der Waals surface area contributed by atoms with Gasteiger partial charge < -0.3 is 25.4 Å². The summed E-state index contributed by atoms with van der Waals surface area (Å²) in [6.45, 7) is 9.42. The molecule has 2 atom stereocenters. The molecule has 0 spiro atoms. The van der Waals surface area contributed by atoms with E-state index in [2.05, 4.69) is 16.0 Å². The van der Waals surface area contributed by atoms with Crippen LogP contribution in [0.25, 0.3) is 0 Å². The van der Waals surface area contributed by atoms with Gasteiger partial charge in [-0.25, -0.2) is 4.79 Å². The van der Waals surface area contributed by atoms with E-state index in [4.69, 9.17) is 9.47 Å². The lowest BCUT2D eigenvalue weighted by atomic mass is 10.0. The Morgan fingerprint density at radius 1 is 0.938 bits per heavy atom. The number of fused-ring (bicyclic) bond motifs is 1. The van der Waals surface area contributed by atoms with Crippen molar-refractivity contribution in [1.29, 1.82) is 0 Å². The maximum Gasteiger partial charge on any atom is 0.315 e. The van der Waals surface area contributed by atoms with Gasteiger partial charge in [0.1, 0.15) is 19.3 Å². The average molecular weight is 440 g/mol. The molecule has 0 unspecified atom stereocenters. The van der Waals surface area contributed by atoms with Crippen molar-refractivity contribution in [2.45, 2.75) is 52.7 Å². The number of carbonyl (C=O) groups excluding carboxylic acids is 2. The van der Waals surface area contributed by atoms with Gasteiger partial charge in [0, 0.05) is 6.54 Å². The van der Waals surface area contributed by atoms with Crippen LogP contribution in [-0.4, -0.2) is 31.2 Å². The Bertz CT molecular complexity index is 927. The summed E-state index contributed by atoms with van der Waals surface area (Å²) in [6.07, 6.45) is 0.539. The number of rotatable bonds is 8. The van der Waals surface area contributed by atoms with Crippen LogP contribution in [-0.2, 0) is 11.3 Å². The molecule has 0 saturated carbocycles. The van der Waals surface area contributed by atoms with E-state index in [9.17, 15) is 9.59 Å². The number of ether oxygens (including phenoxy) is 2. The van der Waals surface area contributed by atoms with Crippen LogP contribution in [0, 0.1) is 12.8 Å². The molecule has 32 heavy (non-hydrogen) atoms. The van der Waals surface area contributed by atoms with Gasteiger partial charge in [-0.15, -0.1) is 0 Å². The lowest BCUT2D eigenvalue weighted by Crippen LogP contribution is -2.50. The zero-order valence-corrected chi connectivity index (χ0v) is 19.2. The number of hydrogen-bond donors (Lipinski definition) is 3. The van der Waals surface area contributed by atoms with Gasteiger partial charge in [0.2, 0.25) is 5.91 Å². The Kier molecular flexibility index (Phi) is 7.98. The second kappa shape index (κ2) is 10.9. The predicted octanol–water partition coefficient (Wildman–Crippen LogP) is 3.86. The highest BCUT2D eigenvalue weighted by atomic mass is 16.6. The number of amides is 3. The van der Waals surface area contributed by atoms with Crippen LogP contribution < -0.4 is 25.4 Å². The summed E-state index contributed by atoms with van der Waals surface area (Å²) >= 11 is 0. The molecular formula is C25H33N3O4. The molecule has 172 valence electrons. The third-order valence-electron chi connectivity index (χ3n) is 5.33. The van der Waals surface area contributed by atoms with Crippen LogP contribution >= 0.6 is 0 Å². The Morgan fingerprint density at radius 2 is 1.62 bits per heavy atom. The van der Waals surface area contributed by atoms with Crippen molar-refractivity contribution in [3.63, 3.8) is 0 Å². The van der Waals surface area contributed by atoms with Crippen LogP contribution in [0.1, 0.15) is 49.9 Å². The van der Waals surface area contributed by atoms with Gasteiger partial charge in [0.15, 0.2) is 11.5 Å². The van der Waals surface area contributed by atoms with Crippen LogP contribution in [0.15, 0.2) is 42.5 Å². The standard InChI is InChI=1S/C25H33N3O4/c1-16(2)13-21(28-25(30)26-15-19-7-5-17(3)6-8-19)24(29)27-18(4)20-9-10-22-23(14-20)32-12-11-31-22/h5-10,14,16,18,21H,11-13,15H2,1-4H3,(H,27,29)(H2,26,28,30)/t18-,21+/m1/s1. The normalized spacial score (nSPS) is 14.4. The number of benzene rings is 2. The minimum atomic E-state index is -0.632. The fraction of sp³-hybridized carbons (Fsp3) is 0.440. The van der Waals surface area contributed by atoms with Crippen molar-refractivity contribution in [2.24, 2.45) is 5.92 Å². The van der Waals surface area contributed by atoms with E-state index < -0.39 is 6.04 Å². The van der Waals surface area contributed by atoms with Crippen molar-refractivity contribution < 1.29 is 19.1 Å². The third-order valence-corrected chi connectivity index (χ3v) is 5.33. The van der Waals surface area contributed by atoms with Gasteiger partial charge in [-0.05, 0) is 49.4 Å². The molecule has 2 aromatic carbocycles. The van der Waals surface area contributed by atoms with E-state index in [1.807, 2.05) is 70.2 Å². The van der Waals surface area contributed by atoms with Crippen molar-refractivity contribution in [3.05, 3.63) is 59.2 Å². The number of aryl methyl sites for hydroxylation is 1. The van der Waals surface area contributed by atoms with Crippen LogP contribution in [0.4, 0.5) is 4.79 Å². The summed E-state index contributed by atoms with van der Waals surface area (Å²) in [4.78, 5) is 25.5. The van der Waals surface area contributed by atoms with Crippen LogP contribution in [0.3, 0.4) is 0 Å². The van der Waals surface area contributed by atoms with Crippen molar-refractivity contribution in [3.8, 4) is 11.5 Å². The summed E-state index contributed by atoms with van der Waals surface area (Å²) in [6, 6.07) is 12.4. The molecule has 1 aliphatic heterocycles. The van der Waals surface area contributed by atoms with Crippen molar-refractivity contribution in [2.75, 3.05) is 13.2 Å². The smallest absolute Gasteiger partial charge is 0.315 e. The highest BCUT2D eigenvalue weighted by Gasteiger charge is 2.24. The summed E-state index contributed by atoms with van der Waals surface area (Å²) in [7, 11) is 0. The molecule has 0 aromatic heterocycles. The Labute approximate surface area is 189 Å². The first-order chi connectivity index (χ1) is 15.3. The molecule has 3 N–H and O–H groups in total. The van der Waals surface area contributed by atoms with Crippen LogP contribution in [0.2, 0.25) is 0 Å².